The third kappa shape index (κ3) is 3.21. The monoisotopic (exact) mass is 287 g/mol. The van der Waals surface area contributed by atoms with E-state index in [1.165, 1.54) is 25.7 Å². The van der Waals surface area contributed by atoms with Crippen LogP contribution in [0.1, 0.15) is 39.0 Å². The predicted octanol–water partition coefficient (Wildman–Crippen LogP) is 3.07. The maximum absolute atomic E-state index is 11.4. The van der Waals surface area contributed by atoms with Gasteiger partial charge in [-0.05, 0) is 57.0 Å². The van der Waals surface area contributed by atoms with E-state index in [1.807, 2.05) is 19.1 Å². The second-order valence-corrected chi connectivity index (χ2v) is 6.34. The fourth-order valence-corrected chi connectivity index (χ4v) is 3.66. The van der Waals surface area contributed by atoms with Crippen LogP contribution in [0.5, 0.6) is 0 Å². The summed E-state index contributed by atoms with van der Waals surface area (Å²) in [7, 11) is 2.27. The summed E-state index contributed by atoms with van der Waals surface area (Å²) in [6, 6.07) is 10.2. The van der Waals surface area contributed by atoms with Gasteiger partial charge in [-0.25, -0.2) is 0 Å². The lowest BCUT2D eigenvalue weighted by Gasteiger charge is -2.37. The fraction of sp³-hybridized carbons (Fsp3) is 0.588. The summed E-state index contributed by atoms with van der Waals surface area (Å²) in [5.74, 6) is 0.0580. The molecule has 0 saturated carbocycles. The van der Waals surface area contributed by atoms with Gasteiger partial charge >= 0.3 is 0 Å². The van der Waals surface area contributed by atoms with Crippen molar-refractivity contribution < 1.29 is 4.79 Å². The minimum Gasteiger partial charge on any atom is -0.382 e. The van der Waals surface area contributed by atoms with Gasteiger partial charge in [-0.1, -0.05) is 6.92 Å². The Labute approximate surface area is 126 Å². The molecule has 1 aromatic carbocycles. The van der Waals surface area contributed by atoms with Crippen molar-refractivity contribution in [2.45, 2.75) is 57.2 Å². The maximum atomic E-state index is 11.4. The number of nitrogens with zero attached hydrogens (tertiary/aromatic N) is 1. The number of piperidine rings is 1. The fourth-order valence-electron chi connectivity index (χ4n) is 3.66. The van der Waals surface area contributed by atoms with E-state index in [0.717, 1.165) is 23.5 Å². The molecule has 2 aliphatic rings. The van der Waals surface area contributed by atoms with Crippen molar-refractivity contribution in [3.8, 4) is 0 Å². The number of carbonyl (C=O) groups is 1. The minimum atomic E-state index is 0.0580. The summed E-state index contributed by atoms with van der Waals surface area (Å²) >= 11 is 0. The Balaban J connectivity index is 1.57. The topological polar surface area (TPSA) is 44.4 Å². The average Bonchev–Trinajstić information content (AvgIpc) is 2.71. The molecule has 1 amide bonds. The van der Waals surface area contributed by atoms with Crippen molar-refractivity contribution in [3.63, 3.8) is 0 Å². The molecule has 2 saturated heterocycles. The molecule has 1 aromatic rings. The molecule has 3 rings (SSSR count). The summed E-state index contributed by atoms with van der Waals surface area (Å²) in [5.41, 5.74) is 2.02. The lowest BCUT2D eigenvalue weighted by atomic mass is 9.98. The lowest BCUT2D eigenvalue weighted by molar-refractivity contribution is -0.115. The Morgan fingerprint density at radius 3 is 2.29 bits per heavy atom. The number of anilines is 2. The van der Waals surface area contributed by atoms with Crippen molar-refractivity contribution in [2.24, 2.45) is 0 Å². The van der Waals surface area contributed by atoms with E-state index in [2.05, 4.69) is 34.7 Å². The first-order valence-corrected chi connectivity index (χ1v) is 8.04. The Bertz CT molecular complexity index is 485. The van der Waals surface area contributed by atoms with Gasteiger partial charge in [0.05, 0.1) is 0 Å². The van der Waals surface area contributed by atoms with Gasteiger partial charge in [0.2, 0.25) is 5.91 Å². The molecule has 2 aliphatic heterocycles. The van der Waals surface area contributed by atoms with E-state index >= 15 is 0 Å². The van der Waals surface area contributed by atoms with Crippen molar-refractivity contribution in [3.05, 3.63) is 24.3 Å². The summed E-state index contributed by atoms with van der Waals surface area (Å²) in [6.45, 7) is 1.86. The molecular formula is C17H25N3O. The van der Waals surface area contributed by atoms with Gasteiger partial charge in [0.1, 0.15) is 0 Å². The first-order chi connectivity index (χ1) is 10.2. The number of hydrogen-bond donors (Lipinski definition) is 2. The molecule has 2 unspecified atom stereocenters. The predicted molar refractivity (Wildman–Crippen MR) is 86.6 cm³/mol. The number of amides is 1. The summed E-state index contributed by atoms with van der Waals surface area (Å²) in [4.78, 5) is 13.9. The largest absolute Gasteiger partial charge is 0.382 e. The number of carbonyl (C=O) groups excluding carboxylic acids is 1. The molecule has 2 heterocycles. The van der Waals surface area contributed by atoms with Gasteiger partial charge in [0, 0.05) is 35.9 Å². The molecule has 4 heteroatoms. The highest BCUT2D eigenvalue weighted by Crippen LogP contribution is 2.35. The van der Waals surface area contributed by atoms with Crippen LogP contribution in [-0.4, -0.2) is 36.0 Å². The second-order valence-electron chi connectivity index (χ2n) is 6.34. The SMILES string of the molecule is CCC(=O)Nc1ccc(NC2CC3CCC(C2)N3C)cc1. The Morgan fingerprint density at radius 1 is 1.14 bits per heavy atom. The Morgan fingerprint density at radius 2 is 1.71 bits per heavy atom. The van der Waals surface area contributed by atoms with Gasteiger partial charge in [-0.15, -0.1) is 0 Å². The second kappa shape index (κ2) is 6.06. The van der Waals surface area contributed by atoms with Gasteiger partial charge in [-0.3, -0.25) is 4.79 Å². The molecule has 0 radical (unpaired) electrons. The van der Waals surface area contributed by atoms with E-state index in [0.29, 0.717) is 12.5 Å². The quantitative estimate of drug-likeness (QED) is 0.894. The normalized spacial score (nSPS) is 28.4. The van der Waals surface area contributed by atoms with Crippen LogP contribution >= 0.6 is 0 Å². The smallest absolute Gasteiger partial charge is 0.224 e. The third-order valence-electron chi connectivity index (χ3n) is 4.96. The molecule has 21 heavy (non-hydrogen) atoms. The highest BCUT2D eigenvalue weighted by molar-refractivity contribution is 5.90. The van der Waals surface area contributed by atoms with Gasteiger partial charge < -0.3 is 15.5 Å². The third-order valence-corrected chi connectivity index (χ3v) is 4.96. The van der Waals surface area contributed by atoms with Crippen molar-refractivity contribution >= 4 is 17.3 Å². The summed E-state index contributed by atoms with van der Waals surface area (Å²) < 4.78 is 0. The van der Waals surface area contributed by atoms with Crippen molar-refractivity contribution in [2.75, 3.05) is 17.7 Å². The Hall–Kier alpha value is -1.55. The van der Waals surface area contributed by atoms with Crippen LogP contribution in [0.15, 0.2) is 24.3 Å². The van der Waals surface area contributed by atoms with Gasteiger partial charge in [0.25, 0.3) is 0 Å². The van der Waals surface area contributed by atoms with E-state index in [9.17, 15) is 4.79 Å². The van der Waals surface area contributed by atoms with Gasteiger partial charge in [-0.2, -0.15) is 0 Å². The van der Waals surface area contributed by atoms with Crippen molar-refractivity contribution in [1.82, 2.24) is 4.90 Å². The van der Waals surface area contributed by atoms with Crippen LogP contribution in [0.25, 0.3) is 0 Å². The van der Waals surface area contributed by atoms with Crippen LogP contribution in [0.4, 0.5) is 11.4 Å². The highest BCUT2D eigenvalue weighted by Gasteiger charge is 2.38. The Kier molecular flexibility index (Phi) is 4.15. The summed E-state index contributed by atoms with van der Waals surface area (Å²) in [6.07, 6.45) is 5.68. The first-order valence-electron chi connectivity index (χ1n) is 8.04. The number of nitrogens with one attached hydrogen (secondary N) is 2. The maximum Gasteiger partial charge on any atom is 0.224 e. The molecule has 2 atom stereocenters. The molecule has 2 fully saturated rings. The summed E-state index contributed by atoms with van der Waals surface area (Å²) in [5, 5.41) is 6.54. The lowest BCUT2D eigenvalue weighted by Crippen LogP contribution is -2.44. The van der Waals surface area contributed by atoms with Crippen molar-refractivity contribution in [1.29, 1.82) is 0 Å². The molecule has 2 N–H and O–H groups in total. The molecule has 0 spiro atoms. The average molecular weight is 287 g/mol. The molecule has 4 nitrogen and oxygen atoms in total. The zero-order valence-electron chi connectivity index (χ0n) is 12.9. The van der Waals surface area contributed by atoms with Crippen LogP contribution in [0.3, 0.4) is 0 Å². The number of hydrogen-bond acceptors (Lipinski definition) is 3. The van der Waals surface area contributed by atoms with E-state index < -0.39 is 0 Å². The first kappa shape index (κ1) is 14.4. The van der Waals surface area contributed by atoms with Gasteiger partial charge in [0.15, 0.2) is 0 Å². The molecular weight excluding hydrogens is 262 g/mol. The molecule has 0 aliphatic carbocycles. The number of fused-ring (bicyclic) bond motifs is 2. The van der Waals surface area contributed by atoms with Crippen LogP contribution < -0.4 is 10.6 Å². The van der Waals surface area contributed by atoms with E-state index in [-0.39, 0.29) is 5.91 Å². The zero-order chi connectivity index (χ0) is 14.8. The highest BCUT2D eigenvalue weighted by atomic mass is 16.1. The molecule has 2 bridgehead atoms. The van der Waals surface area contributed by atoms with E-state index in [4.69, 9.17) is 0 Å². The van der Waals surface area contributed by atoms with Crippen LogP contribution in [0.2, 0.25) is 0 Å². The minimum absolute atomic E-state index is 0.0580. The van der Waals surface area contributed by atoms with E-state index in [1.54, 1.807) is 0 Å². The molecule has 0 aromatic heterocycles. The zero-order valence-corrected chi connectivity index (χ0v) is 12.9. The van der Waals surface area contributed by atoms with Crippen LogP contribution in [0, 0.1) is 0 Å². The number of benzene rings is 1. The standard InChI is InChI=1S/C17H25N3O/c1-3-17(21)19-13-6-4-12(5-7-13)18-14-10-15-8-9-16(11-14)20(15)2/h4-7,14-16,18H,3,8-11H2,1-2H3,(H,19,21). The molecule has 114 valence electrons. The number of rotatable bonds is 4. The van der Waals surface area contributed by atoms with Crippen LogP contribution in [-0.2, 0) is 4.79 Å².